The SMILES string of the molecule is O=C1CCCN(c2cccc(Cl)c2)C(=O)C1. The Bertz CT molecular complexity index is 431. The normalized spacial score (nSPS) is 17.4. The first-order valence-electron chi connectivity index (χ1n) is 5.24. The number of benzene rings is 1. The molecule has 0 aromatic heterocycles. The molecule has 1 aromatic rings. The molecule has 1 fully saturated rings. The molecule has 0 bridgehead atoms. The largest absolute Gasteiger partial charge is 0.312 e. The van der Waals surface area contributed by atoms with Gasteiger partial charge in [-0.1, -0.05) is 17.7 Å². The Hall–Kier alpha value is -1.35. The van der Waals surface area contributed by atoms with Gasteiger partial charge in [-0.15, -0.1) is 0 Å². The van der Waals surface area contributed by atoms with E-state index in [1.54, 1.807) is 23.1 Å². The molecule has 1 aliphatic rings. The number of anilines is 1. The smallest absolute Gasteiger partial charge is 0.234 e. The van der Waals surface area contributed by atoms with Gasteiger partial charge in [-0.3, -0.25) is 9.59 Å². The molecule has 1 heterocycles. The van der Waals surface area contributed by atoms with Crippen molar-refractivity contribution in [2.45, 2.75) is 19.3 Å². The van der Waals surface area contributed by atoms with Gasteiger partial charge in [0.2, 0.25) is 5.91 Å². The fourth-order valence-electron chi connectivity index (χ4n) is 1.83. The van der Waals surface area contributed by atoms with Gasteiger partial charge in [0.1, 0.15) is 5.78 Å². The van der Waals surface area contributed by atoms with Gasteiger partial charge < -0.3 is 4.90 Å². The summed E-state index contributed by atoms with van der Waals surface area (Å²) in [5, 5.41) is 0.598. The summed E-state index contributed by atoms with van der Waals surface area (Å²) in [5.74, 6) is -0.112. The quantitative estimate of drug-likeness (QED) is 0.704. The molecule has 0 atom stereocenters. The summed E-state index contributed by atoms with van der Waals surface area (Å²) in [4.78, 5) is 24.7. The molecule has 0 saturated carbocycles. The van der Waals surface area contributed by atoms with Crippen LogP contribution in [0.4, 0.5) is 5.69 Å². The van der Waals surface area contributed by atoms with Gasteiger partial charge >= 0.3 is 0 Å². The van der Waals surface area contributed by atoms with Crippen LogP contribution in [-0.2, 0) is 9.59 Å². The molecule has 1 saturated heterocycles. The molecular formula is C12H12ClNO2. The van der Waals surface area contributed by atoms with Crippen molar-refractivity contribution >= 4 is 29.0 Å². The minimum atomic E-state index is -0.134. The van der Waals surface area contributed by atoms with Crippen LogP contribution in [0.25, 0.3) is 0 Å². The Labute approximate surface area is 99.0 Å². The molecular weight excluding hydrogens is 226 g/mol. The van der Waals surface area contributed by atoms with Crippen molar-refractivity contribution in [3.8, 4) is 0 Å². The summed E-state index contributed by atoms with van der Waals surface area (Å²) in [7, 11) is 0. The van der Waals surface area contributed by atoms with Crippen LogP contribution in [0, 0.1) is 0 Å². The molecule has 4 heteroatoms. The molecule has 84 valence electrons. The van der Waals surface area contributed by atoms with Crippen LogP contribution >= 0.6 is 11.6 Å². The van der Waals surface area contributed by atoms with Gasteiger partial charge in [0.15, 0.2) is 0 Å². The van der Waals surface area contributed by atoms with E-state index in [1.807, 2.05) is 6.07 Å². The van der Waals surface area contributed by atoms with E-state index in [9.17, 15) is 9.59 Å². The number of hydrogen-bond acceptors (Lipinski definition) is 2. The van der Waals surface area contributed by atoms with Crippen LogP contribution in [0.3, 0.4) is 0 Å². The van der Waals surface area contributed by atoms with Crippen LogP contribution in [0.2, 0.25) is 5.02 Å². The molecule has 16 heavy (non-hydrogen) atoms. The fourth-order valence-corrected chi connectivity index (χ4v) is 2.01. The molecule has 1 aromatic carbocycles. The number of ketones is 1. The average Bonchev–Trinajstić information content (AvgIpc) is 2.39. The Morgan fingerprint density at radius 3 is 2.81 bits per heavy atom. The molecule has 0 aliphatic carbocycles. The minimum absolute atomic E-state index is 0.00646. The first-order valence-corrected chi connectivity index (χ1v) is 5.62. The van der Waals surface area contributed by atoms with Crippen molar-refractivity contribution in [3.63, 3.8) is 0 Å². The first-order chi connectivity index (χ1) is 7.66. The summed E-state index contributed by atoms with van der Waals surface area (Å²) in [6.45, 7) is 0.588. The third-order valence-electron chi connectivity index (χ3n) is 2.61. The number of carbonyl (C=O) groups is 2. The number of hydrogen-bond donors (Lipinski definition) is 0. The molecule has 0 N–H and O–H groups in total. The second kappa shape index (κ2) is 4.66. The van der Waals surface area contributed by atoms with E-state index in [0.29, 0.717) is 18.0 Å². The standard InChI is InChI=1S/C12H12ClNO2/c13-9-3-1-4-10(7-9)14-6-2-5-11(15)8-12(14)16/h1,3-4,7H,2,5-6,8H2. The summed E-state index contributed by atoms with van der Waals surface area (Å²) in [5.41, 5.74) is 0.771. The zero-order valence-corrected chi connectivity index (χ0v) is 9.54. The molecule has 3 nitrogen and oxygen atoms in total. The summed E-state index contributed by atoms with van der Waals surface area (Å²) in [6.07, 6.45) is 1.21. The van der Waals surface area contributed by atoms with E-state index in [1.165, 1.54) is 0 Å². The van der Waals surface area contributed by atoms with Gasteiger partial charge in [0, 0.05) is 23.7 Å². The number of Topliss-reactive ketones (excluding diaryl/α,β-unsaturated/α-hetero) is 1. The molecule has 2 rings (SSSR count). The zero-order chi connectivity index (χ0) is 11.5. The lowest BCUT2D eigenvalue weighted by molar-refractivity contribution is -0.125. The number of rotatable bonds is 1. The van der Waals surface area contributed by atoms with E-state index in [2.05, 4.69) is 0 Å². The third-order valence-corrected chi connectivity index (χ3v) is 2.84. The van der Waals surface area contributed by atoms with Crippen molar-refractivity contribution in [2.24, 2.45) is 0 Å². The lowest BCUT2D eigenvalue weighted by Gasteiger charge is -2.20. The molecule has 1 amide bonds. The van der Waals surface area contributed by atoms with Gasteiger partial charge in [0.05, 0.1) is 6.42 Å². The summed E-state index contributed by atoms with van der Waals surface area (Å²) >= 11 is 5.88. The maximum Gasteiger partial charge on any atom is 0.234 e. The van der Waals surface area contributed by atoms with Crippen molar-refractivity contribution in [3.05, 3.63) is 29.3 Å². The minimum Gasteiger partial charge on any atom is -0.312 e. The highest BCUT2D eigenvalue weighted by Gasteiger charge is 2.22. The van der Waals surface area contributed by atoms with Gasteiger partial charge in [-0.2, -0.15) is 0 Å². The number of carbonyl (C=O) groups excluding carboxylic acids is 2. The lowest BCUT2D eigenvalue weighted by atomic mass is 10.2. The predicted molar refractivity (Wildman–Crippen MR) is 62.7 cm³/mol. The molecule has 1 aliphatic heterocycles. The van der Waals surface area contributed by atoms with E-state index >= 15 is 0 Å². The van der Waals surface area contributed by atoms with Crippen LogP contribution < -0.4 is 4.90 Å². The maximum atomic E-state index is 11.8. The van der Waals surface area contributed by atoms with Crippen LogP contribution in [-0.4, -0.2) is 18.2 Å². The van der Waals surface area contributed by atoms with Crippen LogP contribution in [0.1, 0.15) is 19.3 Å². The first kappa shape index (κ1) is 11.1. The third kappa shape index (κ3) is 2.42. The van der Waals surface area contributed by atoms with Crippen LogP contribution in [0.5, 0.6) is 0 Å². The Morgan fingerprint density at radius 2 is 2.06 bits per heavy atom. The second-order valence-electron chi connectivity index (χ2n) is 3.84. The van der Waals surface area contributed by atoms with E-state index < -0.39 is 0 Å². The van der Waals surface area contributed by atoms with Crippen molar-refractivity contribution < 1.29 is 9.59 Å². The highest BCUT2D eigenvalue weighted by molar-refractivity contribution is 6.31. The van der Waals surface area contributed by atoms with E-state index in [0.717, 1.165) is 12.1 Å². The van der Waals surface area contributed by atoms with Crippen LogP contribution in [0.15, 0.2) is 24.3 Å². The number of halogens is 1. The molecule has 0 unspecified atom stereocenters. The van der Waals surface area contributed by atoms with Crippen molar-refractivity contribution in [1.82, 2.24) is 0 Å². The zero-order valence-electron chi connectivity index (χ0n) is 8.78. The second-order valence-corrected chi connectivity index (χ2v) is 4.28. The van der Waals surface area contributed by atoms with E-state index in [-0.39, 0.29) is 18.1 Å². The van der Waals surface area contributed by atoms with Gasteiger partial charge in [-0.25, -0.2) is 0 Å². The maximum absolute atomic E-state index is 11.8. The summed E-state index contributed by atoms with van der Waals surface area (Å²) < 4.78 is 0. The molecule has 0 spiro atoms. The number of nitrogens with zero attached hydrogens (tertiary/aromatic N) is 1. The number of amides is 1. The Balaban J connectivity index is 2.25. The monoisotopic (exact) mass is 237 g/mol. The Kier molecular flexibility index (Phi) is 3.25. The lowest BCUT2D eigenvalue weighted by Crippen LogP contribution is -2.30. The van der Waals surface area contributed by atoms with Gasteiger partial charge in [-0.05, 0) is 24.6 Å². The highest BCUT2D eigenvalue weighted by atomic mass is 35.5. The average molecular weight is 238 g/mol. The molecule has 0 radical (unpaired) electrons. The van der Waals surface area contributed by atoms with Crippen molar-refractivity contribution in [2.75, 3.05) is 11.4 Å². The summed E-state index contributed by atoms with van der Waals surface area (Å²) in [6, 6.07) is 7.14. The predicted octanol–water partition coefficient (Wildman–Crippen LogP) is 2.43. The fraction of sp³-hybridized carbons (Fsp3) is 0.333. The Morgan fingerprint density at radius 1 is 1.25 bits per heavy atom. The van der Waals surface area contributed by atoms with Gasteiger partial charge in [0.25, 0.3) is 0 Å². The van der Waals surface area contributed by atoms with Crippen molar-refractivity contribution in [1.29, 1.82) is 0 Å². The van der Waals surface area contributed by atoms with E-state index in [4.69, 9.17) is 11.6 Å². The topological polar surface area (TPSA) is 37.4 Å². The highest BCUT2D eigenvalue weighted by Crippen LogP contribution is 2.22.